The van der Waals surface area contributed by atoms with Gasteiger partial charge in [0.25, 0.3) is 0 Å². The van der Waals surface area contributed by atoms with Crippen molar-refractivity contribution < 1.29 is 0 Å². The Kier molecular flexibility index (Phi) is 1.16. The molecule has 2 heterocycles. The standard InChI is InChI=1S/C11H7N2/c1-2-4-10-8(3-1)9-5-6-12-7-11(9)13-10/h1-6,13H/q+1. The Morgan fingerprint density at radius 1 is 1.23 bits per heavy atom. The molecule has 1 aliphatic heterocycles. The lowest BCUT2D eigenvalue weighted by Gasteiger charge is -1.85. The average molecular weight is 167 g/mol. The summed E-state index contributed by atoms with van der Waals surface area (Å²) >= 11 is 0. The largest absolute Gasteiger partial charge is 0.322 e. The quantitative estimate of drug-likeness (QED) is 0.584. The average Bonchev–Trinajstić information content (AvgIpc) is 2.56. The highest BCUT2D eigenvalue weighted by Crippen LogP contribution is 2.24. The zero-order chi connectivity index (χ0) is 8.67. The van der Waals surface area contributed by atoms with E-state index in [0.717, 1.165) is 11.2 Å². The van der Waals surface area contributed by atoms with Crippen LogP contribution in [0.2, 0.25) is 0 Å². The Labute approximate surface area is 75.6 Å². The molecule has 13 heavy (non-hydrogen) atoms. The van der Waals surface area contributed by atoms with Gasteiger partial charge in [-0.2, -0.15) is 0 Å². The van der Waals surface area contributed by atoms with Gasteiger partial charge >= 0.3 is 0 Å². The van der Waals surface area contributed by atoms with Gasteiger partial charge in [-0.3, -0.25) is 0 Å². The minimum Gasteiger partial charge on any atom is -0.322 e. The number of para-hydroxylation sites is 1. The SMILES string of the molecule is [C+]1=NC=Cc2c1[nH]c1ccccc21. The van der Waals surface area contributed by atoms with Gasteiger partial charge in [0.15, 0.2) is 6.21 Å². The summed E-state index contributed by atoms with van der Waals surface area (Å²) in [5, 5.41) is 1.23. The van der Waals surface area contributed by atoms with E-state index < -0.39 is 0 Å². The van der Waals surface area contributed by atoms with E-state index in [0.29, 0.717) is 0 Å². The molecule has 2 aromatic rings. The minimum atomic E-state index is 0.976. The fourth-order valence-corrected chi connectivity index (χ4v) is 1.64. The molecule has 0 radical (unpaired) electrons. The maximum Gasteiger partial charge on any atom is 0.237 e. The Balaban J connectivity index is 2.49. The van der Waals surface area contributed by atoms with Crippen molar-refractivity contribution in [2.45, 2.75) is 0 Å². The van der Waals surface area contributed by atoms with Crippen LogP contribution in [0.5, 0.6) is 0 Å². The molecule has 0 bridgehead atoms. The minimum absolute atomic E-state index is 0.976. The fraction of sp³-hybridized carbons (Fsp3) is 0. The smallest absolute Gasteiger partial charge is 0.237 e. The van der Waals surface area contributed by atoms with Crippen LogP contribution in [0.15, 0.2) is 35.5 Å². The molecule has 0 atom stereocenters. The number of hydrogen-bond acceptors (Lipinski definition) is 1. The third-order valence-electron chi connectivity index (χ3n) is 2.24. The lowest BCUT2D eigenvalue weighted by molar-refractivity contribution is 1.41. The van der Waals surface area contributed by atoms with E-state index in [4.69, 9.17) is 0 Å². The molecule has 0 amide bonds. The molecule has 0 saturated heterocycles. The van der Waals surface area contributed by atoms with Crippen LogP contribution in [-0.2, 0) is 0 Å². The van der Waals surface area contributed by atoms with Gasteiger partial charge < -0.3 is 4.98 Å². The summed E-state index contributed by atoms with van der Waals surface area (Å²) in [6.45, 7) is 0. The predicted molar refractivity (Wildman–Crippen MR) is 53.9 cm³/mol. The summed E-state index contributed by atoms with van der Waals surface area (Å²) in [6.07, 6.45) is 6.71. The number of aromatic amines is 1. The number of fused-ring (bicyclic) bond motifs is 3. The van der Waals surface area contributed by atoms with Gasteiger partial charge in [-0.05, 0) is 12.1 Å². The first-order valence-corrected chi connectivity index (χ1v) is 4.18. The van der Waals surface area contributed by atoms with E-state index in [1.807, 2.05) is 18.2 Å². The van der Waals surface area contributed by atoms with E-state index in [9.17, 15) is 0 Å². The van der Waals surface area contributed by atoms with Crippen molar-refractivity contribution >= 4 is 23.2 Å². The number of aromatic nitrogens is 1. The highest BCUT2D eigenvalue weighted by atomic mass is 14.8. The molecule has 3 rings (SSSR count). The van der Waals surface area contributed by atoms with Crippen molar-refractivity contribution in [1.29, 1.82) is 0 Å². The van der Waals surface area contributed by atoms with Crippen LogP contribution in [-0.4, -0.2) is 11.2 Å². The summed E-state index contributed by atoms with van der Waals surface area (Å²) in [7, 11) is 0. The first-order chi connectivity index (χ1) is 6.45. The number of aliphatic imine (C=N–C) groups is 1. The molecule has 0 aliphatic carbocycles. The van der Waals surface area contributed by atoms with Crippen LogP contribution in [0.4, 0.5) is 0 Å². The topological polar surface area (TPSA) is 28.1 Å². The summed E-state index contributed by atoms with van der Waals surface area (Å²) in [6, 6.07) is 8.21. The third kappa shape index (κ3) is 0.835. The van der Waals surface area contributed by atoms with Crippen molar-refractivity contribution in [2.75, 3.05) is 0 Å². The molecule has 1 aliphatic rings. The molecular formula is C11H7N2+. The summed E-state index contributed by atoms with van der Waals surface area (Å²) in [5.74, 6) is 0. The number of hydrogen-bond donors (Lipinski definition) is 1. The summed E-state index contributed by atoms with van der Waals surface area (Å²) in [4.78, 5) is 7.21. The Morgan fingerprint density at radius 2 is 2.15 bits per heavy atom. The molecule has 2 nitrogen and oxygen atoms in total. The molecule has 2 heteroatoms. The van der Waals surface area contributed by atoms with Crippen LogP contribution in [0.3, 0.4) is 0 Å². The van der Waals surface area contributed by atoms with Gasteiger partial charge in [0.1, 0.15) is 11.8 Å². The molecular weight excluding hydrogens is 160 g/mol. The normalized spacial score (nSPS) is 12.9. The van der Waals surface area contributed by atoms with E-state index >= 15 is 0 Å². The van der Waals surface area contributed by atoms with Gasteiger partial charge in [-0.25, -0.2) is 0 Å². The van der Waals surface area contributed by atoms with Crippen LogP contribution in [0.25, 0.3) is 17.0 Å². The molecule has 1 N–H and O–H groups in total. The van der Waals surface area contributed by atoms with Gasteiger partial charge in [0.05, 0.1) is 17.0 Å². The maximum atomic E-state index is 3.95. The predicted octanol–water partition coefficient (Wildman–Crippen LogP) is 2.45. The lowest BCUT2D eigenvalue weighted by Crippen LogP contribution is -1.86. The van der Waals surface area contributed by atoms with Crippen molar-refractivity contribution in [2.24, 2.45) is 4.99 Å². The van der Waals surface area contributed by atoms with Crippen LogP contribution in [0.1, 0.15) is 11.3 Å². The number of rotatable bonds is 0. The fourth-order valence-electron chi connectivity index (χ4n) is 1.64. The number of H-pyrrole nitrogens is 1. The van der Waals surface area contributed by atoms with E-state index in [2.05, 4.69) is 28.3 Å². The number of nitrogens with one attached hydrogen (secondary N) is 1. The lowest BCUT2D eigenvalue weighted by atomic mass is 10.1. The van der Waals surface area contributed by atoms with Crippen molar-refractivity contribution in [3.05, 3.63) is 41.7 Å². The first-order valence-electron chi connectivity index (χ1n) is 4.18. The molecule has 0 fully saturated rings. The van der Waals surface area contributed by atoms with E-state index in [1.54, 1.807) is 6.20 Å². The number of nitrogens with zero attached hydrogens (tertiary/aromatic N) is 1. The molecule has 0 unspecified atom stereocenters. The maximum absolute atomic E-state index is 3.95. The third-order valence-corrected chi connectivity index (χ3v) is 2.24. The molecule has 60 valence electrons. The molecule has 0 spiro atoms. The van der Waals surface area contributed by atoms with Gasteiger partial charge in [-0.1, -0.05) is 17.1 Å². The van der Waals surface area contributed by atoms with Crippen molar-refractivity contribution in [3.63, 3.8) is 0 Å². The highest BCUT2D eigenvalue weighted by molar-refractivity contribution is 6.00. The highest BCUT2D eigenvalue weighted by Gasteiger charge is 2.17. The van der Waals surface area contributed by atoms with Gasteiger partial charge in [0, 0.05) is 0 Å². The second-order valence-electron chi connectivity index (χ2n) is 3.02. The second-order valence-corrected chi connectivity index (χ2v) is 3.02. The Bertz CT molecular complexity index is 518. The summed E-state index contributed by atoms with van der Waals surface area (Å²) < 4.78 is 0. The van der Waals surface area contributed by atoms with E-state index in [-0.39, 0.29) is 0 Å². The van der Waals surface area contributed by atoms with Crippen LogP contribution in [0, 0.1) is 0 Å². The Morgan fingerprint density at radius 3 is 3.15 bits per heavy atom. The number of benzene rings is 1. The second kappa shape index (κ2) is 2.28. The van der Waals surface area contributed by atoms with Crippen molar-refractivity contribution in [1.82, 2.24) is 4.98 Å². The van der Waals surface area contributed by atoms with Gasteiger partial charge in [-0.15, -0.1) is 0 Å². The van der Waals surface area contributed by atoms with Crippen molar-refractivity contribution in [3.8, 4) is 0 Å². The summed E-state index contributed by atoms with van der Waals surface area (Å²) in [5.41, 5.74) is 3.30. The molecule has 1 aromatic heterocycles. The molecule has 1 aromatic carbocycles. The molecule has 0 saturated carbocycles. The monoisotopic (exact) mass is 167 g/mol. The van der Waals surface area contributed by atoms with E-state index in [1.165, 1.54) is 10.9 Å². The van der Waals surface area contributed by atoms with Crippen LogP contribution >= 0.6 is 0 Å². The van der Waals surface area contributed by atoms with Crippen LogP contribution < -0.4 is 0 Å². The zero-order valence-corrected chi connectivity index (χ0v) is 6.91. The first kappa shape index (κ1) is 6.58. The zero-order valence-electron chi connectivity index (χ0n) is 6.91. The van der Waals surface area contributed by atoms with Gasteiger partial charge in [0.2, 0.25) is 5.69 Å². The Hall–Kier alpha value is -1.92.